The molecule has 0 N–H and O–H groups in total. The molecule has 33 valence electrons. The third kappa shape index (κ3) is 87.4. The number of hydrogen-bond donors (Lipinski definition) is 0. The van der Waals surface area contributed by atoms with Crippen LogP contribution in [-0.4, -0.2) is 0 Å². The van der Waals surface area contributed by atoms with Gasteiger partial charge in [-0.25, -0.2) is 0 Å². The molecule has 0 bridgehead atoms. The standard InChI is InChI=1S/Co.Mo.3O. The Kier molecular flexibility index (Phi) is 8.40. The van der Waals surface area contributed by atoms with Crippen molar-refractivity contribution in [2.24, 2.45) is 0 Å². The van der Waals surface area contributed by atoms with Crippen molar-refractivity contribution in [2.75, 3.05) is 0 Å². The SMILES string of the molecule is [Co].[O]=[Mo](=[O])=[O]. The molecule has 5 heteroatoms. The Labute approximate surface area is 44.4 Å². The van der Waals surface area contributed by atoms with Crippen LogP contribution in [0.2, 0.25) is 0 Å². The van der Waals surface area contributed by atoms with Crippen LogP contribution in [0.5, 0.6) is 0 Å². The predicted molar refractivity (Wildman–Crippen MR) is 2.06 cm³/mol. The van der Waals surface area contributed by atoms with E-state index in [1.165, 1.54) is 0 Å². The van der Waals surface area contributed by atoms with E-state index < -0.39 is 17.2 Å². The average molecular weight is 203 g/mol. The topological polar surface area (TPSA) is 51.2 Å². The second-order valence-electron chi connectivity index (χ2n) is 0.204. The van der Waals surface area contributed by atoms with E-state index in [1.54, 1.807) is 0 Å². The van der Waals surface area contributed by atoms with Crippen molar-refractivity contribution in [3.63, 3.8) is 0 Å². The molecule has 0 heterocycles. The summed E-state index contributed by atoms with van der Waals surface area (Å²) in [6.07, 6.45) is 0. The Bertz CT molecular complexity index is 76.3. The predicted octanol–water partition coefficient (Wildman–Crippen LogP) is -0.361. The molecule has 0 saturated heterocycles. The van der Waals surface area contributed by atoms with Gasteiger partial charge in [-0.05, 0) is 0 Å². The first-order chi connectivity index (χ1) is 1.73. The molecule has 0 spiro atoms. The molecule has 0 rings (SSSR count). The summed E-state index contributed by atoms with van der Waals surface area (Å²) < 4.78 is 25.8. The Morgan fingerprint density at radius 3 is 1.00 bits per heavy atom. The summed E-state index contributed by atoms with van der Waals surface area (Å²) in [7, 11) is 0. The second-order valence-corrected chi connectivity index (χ2v) is 1.21. The van der Waals surface area contributed by atoms with Crippen LogP contribution in [0.25, 0.3) is 0 Å². The van der Waals surface area contributed by atoms with E-state index in [0.29, 0.717) is 0 Å². The van der Waals surface area contributed by atoms with Crippen molar-refractivity contribution < 1.29 is 44.2 Å². The normalized spacial score (nSPS) is 4.80. The van der Waals surface area contributed by atoms with Crippen LogP contribution in [0.1, 0.15) is 0 Å². The summed E-state index contributed by atoms with van der Waals surface area (Å²) in [5.41, 5.74) is 0. The molecule has 0 aliphatic heterocycles. The first-order valence-electron chi connectivity index (χ1n) is 0.500. The van der Waals surface area contributed by atoms with Crippen molar-refractivity contribution in [3.05, 3.63) is 0 Å². The molecular formula is CoMoO3. The molecule has 0 aromatic heterocycles. The van der Waals surface area contributed by atoms with Crippen LogP contribution < -0.4 is 0 Å². The quantitative estimate of drug-likeness (QED) is 0.505. The Morgan fingerprint density at radius 1 is 1.00 bits per heavy atom. The van der Waals surface area contributed by atoms with E-state index in [2.05, 4.69) is 0 Å². The fourth-order valence-corrected chi connectivity index (χ4v) is 0. The zero-order valence-corrected chi connectivity index (χ0v) is 5.01. The maximum absolute atomic E-state index is 8.59. The molecule has 0 unspecified atom stereocenters. The summed E-state index contributed by atoms with van der Waals surface area (Å²) in [6, 6.07) is 0. The van der Waals surface area contributed by atoms with Gasteiger partial charge in [0.2, 0.25) is 0 Å². The third-order valence-corrected chi connectivity index (χ3v) is 0. The van der Waals surface area contributed by atoms with Crippen LogP contribution in [-0.2, 0) is 44.2 Å². The molecule has 0 aromatic rings. The molecule has 0 aliphatic carbocycles. The Balaban J connectivity index is 0. The van der Waals surface area contributed by atoms with Crippen molar-refractivity contribution in [3.8, 4) is 0 Å². The first-order valence-corrected chi connectivity index (χ1v) is 2.96. The number of hydrogen-bond acceptors (Lipinski definition) is 3. The van der Waals surface area contributed by atoms with Gasteiger partial charge >= 0.3 is 27.4 Å². The second kappa shape index (κ2) is 4.59. The molecule has 0 amide bonds. The summed E-state index contributed by atoms with van der Waals surface area (Å²) in [5, 5.41) is 0. The zero-order valence-electron chi connectivity index (χ0n) is 1.97. The van der Waals surface area contributed by atoms with Crippen molar-refractivity contribution >= 4 is 0 Å². The molecular weight excluding hydrogens is 203 g/mol. The van der Waals surface area contributed by atoms with Crippen LogP contribution in [0, 0.1) is 0 Å². The van der Waals surface area contributed by atoms with E-state index in [9.17, 15) is 0 Å². The Morgan fingerprint density at radius 2 is 1.00 bits per heavy atom. The molecule has 0 fully saturated rings. The molecule has 0 aromatic carbocycles. The molecule has 0 saturated carbocycles. The van der Waals surface area contributed by atoms with Gasteiger partial charge in [0.25, 0.3) is 0 Å². The van der Waals surface area contributed by atoms with Gasteiger partial charge in [-0.2, -0.15) is 0 Å². The van der Waals surface area contributed by atoms with Crippen molar-refractivity contribution in [1.29, 1.82) is 0 Å². The number of rotatable bonds is 0. The van der Waals surface area contributed by atoms with Crippen LogP contribution >= 0.6 is 0 Å². The van der Waals surface area contributed by atoms with Gasteiger partial charge < -0.3 is 0 Å². The minimum atomic E-state index is -4.11. The van der Waals surface area contributed by atoms with E-state index in [-0.39, 0.29) is 16.8 Å². The molecule has 3 nitrogen and oxygen atoms in total. The van der Waals surface area contributed by atoms with E-state index >= 15 is 0 Å². The average Bonchev–Trinajstić information content (AvgIpc) is 0.811. The fraction of sp³-hybridized carbons (Fsp3) is 0. The summed E-state index contributed by atoms with van der Waals surface area (Å²) >= 11 is -4.11. The van der Waals surface area contributed by atoms with Crippen LogP contribution in [0.15, 0.2) is 0 Å². The van der Waals surface area contributed by atoms with Gasteiger partial charge in [0.15, 0.2) is 0 Å². The van der Waals surface area contributed by atoms with Gasteiger partial charge in [-0.1, -0.05) is 0 Å². The Hall–Kier alpha value is 0.595. The first kappa shape index (κ1) is 9.14. The van der Waals surface area contributed by atoms with Gasteiger partial charge in [0.1, 0.15) is 0 Å². The van der Waals surface area contributed by atoms with Gasteiger partial charge in [0, 0.05) is 16.8 Å². The van der Waals surface area contributed by atoms with E-state index in [0.717, 1.165) is 0 Å². The third-order valence-electron chi connectivity index (χ3n) is 0. The maximum atomic E-state index is 8.59. The van der Waals surface area contributed by atoms with E-state index in [4.69, 9.17) is 10.2 Å². The molecule has 5 heavy (non-hydrogen) atoms. The van der Waals surface area contributed by atoms with Crippen molar-refractivity contribution in [2.45, 2.75) is 0 Å². The minimum absolute atomic E-state index is 0. The van der Waals surface area contributed by atoms with Crippen LogP contribution in [0.4, 0.5) is 0 Å². The zero-order chi connectivity index (χ0) is 3.58. The summed E-state index contributed by atoms with van der Waals surface area (Å²) in [4.78, 5) is 0. The molecule has 1 radical (unpaired) electrons. The van der Waals surface area contributed by atoms with Crippen LogP contribution in [0.3, 0.4) is 0 Å². The van der Waals surface area contributed by atoms with Gasteiger partial charge in [-0.15, -0.1) is 0 Å². The van der Waals surface area contributed by atoms with E-state index in [1.807, 2.05) is 0 Å². The molecule has 0 atom stereocenters. The van der Waals surface area contributed by atoms with Gasteiger partial charge in [-0.3, -0.25) is 0 Å². The fourth-order valence-electron chi connectivity index (χ4n) is 0. The van der Waals surface area contributed by atoms with Gasteiger partial charge in [0.05, 0.1) is 0 Å². The monoisotopic (exact) mass is 205 g/mol. The summed E-state index contributed by atoms with van der Waals surface area (Å²) in [5.74, 6) is 0. The molecule has 0 aliphatic rings. The summed E-state index contributed by atoms with van der Waals surface area (Å²) in [6.45, 7) is 0. The van der Waals surface area contributed by atoms with Crippen molar-refractivity contribution in [1.82, 2.24) is 0 Å².